The quantitative estimate of drug-likeness (QED) is 0.289. The smallest absolute Gasteiger partial charge is 0.406 e. The van der Waals surface area contributed by atoms with Gasteiger partial charge in [-0.15, -0.1) is 35.1 Å². The molecule has 0 aliphatic rings. The molecule has 0 saturated carbocycles. The minimum atomic E-state index is -4.78. The highest BCUT2D eigenvalue weighted by molar-refractivity contribution is 8.01. The molecule has 1 aromatic heterocycles. The van der Waals surface area contributed by atoms with E-state index in [4.69, 9.17) is 0 Å². The normalized spacial score (nSPS) is 11.1. The summed E-state index contributed by atoms with van der Waals surface area (Å²) >= 11 is 3.75. The highest BCUT2D eigenvalue weighted by Gasteiger charge is 2.30. The second-order valence-electron chi connectivity index (χ2n) is 6.31. The molecule has 0 atom stereocenters. The van der Waals surface area contributed by atoms with Crippen LogP contribution in [-0.4, -0.2) is 39.9 Å². The zero-order valence-corrected chi connectivity index (χ0v) is 19.2. The summed E-state index contributed by atoms with van der Waals surface area (Å²) in [5.74, 6) is 0.0555. The van der Waals surface area contributed by atoms with Gasteiger partial charge in [-0.05, 0) is 29.8 Å². The van der Waals surface area contributed by atoms with Crippen LogP contribution in [0.1, 0.15) is 5.56 Å². The Balaban J connectivity index is 1.37. The largest absolute Gasteiger partial charge is 0.573 e. The van der Waals surface area contributed by atoms with Gasteiger partial charge >= 0.3 is 6.36 Å². The third-order valence-electron chi connectivity index (χ3n) is 3.70. The van der Waals surface area contributed by atoms with Crippen LogP contribution in [0.4, 0.5) is 24.0 Å². The number of carbonyl (C=O) groups excluding carboxylic acids is 2. The number of hydrogen-bond donors (Lipinski definition) is 2. The van der Waals surface area contributed by atoms with Crippen LogP contribution in [0, 0.1) is 0 Å². The molecule has 2 amide bonds. The average molecular weight is 515 g/mol. The lowest BCUT2D eigenvalue weighted by molar-refractivity contribution is -0.274. The molecule has 0 fully saturated rings. The highest BCUT2D eigenvalue weighted by atomic mass is 32.2. The monoisotopic (exact) mass is 514 g/mol. The number of ether oxygens (including phenoxy) is 1. The molecule has 3 rings (SSSR count). The summed E-state index contributed by atoms with van der Waals surface area (Å²) in [5.41, 5.74) is 1.46. The van der Waals surface area contributed by atoms with Crippen LogP contribution in [-0.2, 0) is 15.3 Å². The number of benzene rings is 2. The van der Waals surface area contributed by atoms with Crippen LogP contribution in [0.25, 0.3) is 0 Å². The Bertz CT molecular complexity index is 1060. The summed E-state index contributed by atoms with van der Waals surface area (Å²) in [5, 5.41) is 13.4. The molecule has 2 aromatic carbocycles. The second kappa shape index (κ2) is 11.9. The Labute approximate surface area is 199 Å². The van der Waals surface area contributed by atoms with Crippen molar-refractivity contribution in [1.82, 2.24) is 10.2 Å². The van der Waals surface area contributed by atoms with Crippen molar-refractivity contribution in [3.05, 3.63) is 60.2 Å². The van der Waals surface area contributed by atoms with E-state index in [1.54, 1.807) is 0 Å². The molecule has 0 saturated heterocycles. The van der Waals surface area contributed by atoms with E-state index in [2.05, 4.69) is 25.6 Å². The predicted octanol–water partition coefficient (Wildman–Crippen LogP) is 5.04. The number of thioether (sulfide) groups is 2. The average Bonchev–Trinajstić information content (AvgIpc) is 3.20. The van der Waals surface area contributed by atoms with Crippen molar-refractivity contribution >= 4 is 57.5 Å². The summed E-state index contributed by atoms with van der Waals surface area (Å²) in [4.78, 5) is 24.1. The Morgan fingerprint density at radius 1 is 0.939 bits per heavy atom. The molecule has 0 unspecified atom stereocenters. The van der Waals surface area contributed by atoms with Crippen molar-refractivity contribution in [2.24, 2.45) is 0 Å². The molecule has 2 N–H and O–H groups in total. The van der Waals surface area contributed by atoms with Gasteiger partial charge in [0, 0.05) is 11.4 Å². The summed E-state index contributed by atoms with van der Waals surface area (Å²) in [6.07, 6.45) is -4.78. The Hall–Kier alpha value is -2.77. The second-order valence-corrected chi connectivity index (χ2v) is 9.49. The molecule has 174 valence electrons. The van der Waals surface area contributed by atoms with E-state index in [1.165, 1.54) is 23.9 Å². The minimum absolute atomic E-state index is 0.0102. The van der Waals surface area contributed by atoms with Gasteiger partial charge < -0.3 is 10.1 Å². The first-order valence-electron chi connectivity index (χ1n) is 9.30. The lowest BCUT2D eigenvalue weighted by Gasteiger charge is -2.09. The molecule has 3 aromatic rings. The van der Waals surface area contributed by atoms with E-state index in [1.807, 2.05) is 30.3 Å². The van der Waals surface area contributed by atoms with Gasteiger partial charge in [-0.2, -0.15) is 0 Å². The molecule has 33 heavy (non-hydrogen) atoms. The Morgan fingerprint density at radius 3 is 2.33 bits per heavy atom. The molecule has 0 radical (unpaired) electrons. The van der Waals surface area contributed by atoms with Gasteiger partial charge in [0.2, 0.25) is 16.9 Å². The van der Waals surface area contributed by atoms with Crippen molar-refractivity contribution in [2.75, 3.05) is 22.1 Å². The number of hydrogen-bond acceptors (Lipinski definition) is 8. The van der Waals surface area contributed by atoms with Crippen LogP contribution in [0.15, 0.2) is 58.9 Å². The third-order valence-corrected chi connectivity index (χ3v) is 6.67. The number of amides is 2. The van der Waals surface area contributed by atoms with Crippen molar-refractivity contribution in [1.29, 1.82) is 0 Å². The molecule has 7 nitrogen and oxygen atoms in total. The van der Waals surface area contributed by atoms with E-state index in [0.717, 1.165) is 46.5 Å². The van der Waals surface area contributed by atoms with E-state index in [-0.39, 0.29) is 29.1 Å². The number of nitrogens with zero attached hydrogens (tertiary/aromatic N) is 2. The fraction of sp³-hybridized carbons (Fsp3) is 0.200. The number of alkyl halides is 3. The minimum Gasteiger partial charge on any atom is -0.406 e. The lowest BCUT2D eigenvalue weighted by atomic mass is 10.2. The van der Waals surface area contributed by atoms with Crippen LogP contribution >= 0.6 is 34.9 Å². The van der Waals surface area contributed by atoms with E-state index in [9.17, 15) is 22.8 Å². The van der Waals surface area contributed by atoms with E-state index >= 15 is 0 Å². The SMILES string of the molecule is O=C(CSc1nnc(NC(=O)CSCc2ccccc2)s1)Nc1ccc(OC(F)(F)F)cc1. The fourth-order valence-electron chi connectivity index (χ4n) is 2.37. The van der Waals surface area contributed by atoms with E-state index in [0.29, 0.717) is 15.2 Å². The van der Waals surface area contributed by atoms with Crippen LogP contribution in [0.3, 0.4) is 0 Å². The summed E-state index contributed by atoms with van der Waals surface area (Å²) < 4.78 is 40.8. The Morgan fingerprint density at radius 2 is 1.64 bits per heavy atom. The molecule has 0 bridgehead atoms. The maximum absolute atomic E-state index is 12.2. The maximum Gasteiger partial charge on any atom is 0.573 e. The number of nitrogens with one attached hydrogen (secondary N) is 2. The zero-order chi connectivity index (χ0) is 23.7. The van der Waals surface area contributed by atoms with Crippen LogP contribution in [0.5, 0.6) is 5.75 Å². The van der Waals surface area contributed by atoms with Crippen LogP contribution < -0.4 is 15.4 Å². The van der Waals surface area contributed by atoms with Gasteiger partial charge in [0.25, 0.3) is 0 Å². The first-order chi connectivity index (χ1) is 15.8. The standard InChI is InChI=1S/C20H17F3N4O3S3/c21-20(22,23)30-15-8-6-14(7-9-15)24-17(29)12-32-19-27-26-18(33-19)25-16(28)11-31-10-13-4-2-1-3-5-13/h1-9H,10-12H2,(H,24,29)(H,25,26,28). The number of aromatic nitrogens is 2. The topological polar surface area (TPSA) is 93.2 Å². The van der Waals surface area contributed by atoms with Crippen molar-refractivity contribution in [3.63, 3.8) is 0 Å². The number of rotatable bonds is 10. The highest BCUT2D eigenvalue weighted by Crippen LogP contribution is 2.27. The van der Waals surface area contributed by atoms with Gasteiger partial charge in [0.1, 0.15) is 5.75 Å². The summed E-state index contributed by atoms with van der Waals surface area (Å²) in [6.45, 7) is 0. The van der Waals surface area contributed by atoms with Crippen LogP contribution in [0.2, 0.25) is 0 Å². The van der Waals surface area contributed by atoms with Crippen molar-refractivity contribution in [2.45, 2.75) is 16.5 Å². The van der Waals surface area contributed by atoms with Crippen molar-refractivity contribution in [3.8, 4) is 5.75 Å². The molecule has 1 heterocycles. The molecular formula is C20H17F3N4O3S3. The molecule has 0 aliphatic heterocycles. The summed E-state index contributed by atoms with van der Waals surface area (Å²) in [6, 6.07) is 14.6. The fourth-order valence-corrected chi connectivity index (χ4v) is 4.73. The summed E-state index contributed by atoms with van der Waals surface area (Å²) in [7, 11) is 0. The lowest BCUT2D eigenvalue weighted by Crippen LogP contribution is -2.17. The third kappa shape index (κ3) is 9.32. The number of carbonyl (C=O) groups is 2. The van der Waals surface area contributed by atoms with Gasteiger partial charge in [-0.3, -0.25) is 14.9 Å². The van der Waals surface area contributed by atoms with Gasteiger partial charge in [-0.25, -0.2) is 0 Å². The number of halogens is 3. The number of anilines is 2. The van der Waals surface area contributed by atoms with Gasteiger partial charge in [0.05, 0.1) is 11.5 Å². The maximum atomic E-state index is 12.2. The van der Waals surface area contributed by atoms with Crippen molar-refractivity contribution < 1.29 is 27.5 Å². The van der Waals surface area contributed by atoms with Gasteiger partial charge in [0.15, 0.2) is 4.34 Å². The molecule has 0 spiro atoms. The first-order valence-corrected chi connectivity index (χ1v) is 12.3. The molecule has 0 aliphatic carbocycles. The predicted molar refractivity (Wildman–Crippen MR) is 124 cm³/mol. The Kier molecular flexibility index (Phi) is 8.97. The molecular weight excluding hydrogens is 497 g/mol. The molecule has 13 heteroatoms. The zero-order valence-electron chi connectivity index (χ0n) is 16.8. The first kappa shape index (κ1) is 24.9. The van der Waals surface area contributed by atoms with E-state index < -0.39 is 6.36 Å². The van der Waals surface area contributed by atoms with Gasteiger partial charge in [-0.1, -0.05) is 53.4 Å².